The van der Waals surface area contributed by atoms with Gasteiger partial charge in [0.15, 0.2) is 6.61 Å². The van der Waals surface area contributed by atoms with Crippen LogP contribution in [0.15, 0.2) is 48.5 Å². The van der Waals surface area contributed by atoms with Gasteiger partial charge in [-0.15, -0.1) is 0 Å². The number of ether oxygens (including phenoxy) is 1. The lowest BCUT2D eigenvalue weighted by Gasteiger charge is -2.17. The molecular formula is C16H15F2NO2. The van der Waals surface area contributed by atoms with E-state index in [4.69, 9.17) is 4.74 Å². The monoisotopic (exact) mass is 291 g/mol. The number of hydrogen-bond donors (Lipinski definition) is 0. The van der Waals surface area contributed by atoms with Crippen LogP contribution in [0.1, 0.15) is 5.56 Å². The molecule has 0 saturated heterocycles. The maximum Gasteiger partial charge on any atom is 0.260 e. The van der Waals surface area contributed by atoms with Gasteiger partial charge in [-0.05, 0) is 42.0 Å². The van der Waals surface area contributed by atoms with Crippen LogP contribution in [0.4, 0.5) is 8.78 Å². The molecule has 0 radical (unpaired) electrons. The number of amides is 1. The number of nitrogens with zero attached hydrogens (tertiary/aromatic N) is 1. The van der Waals surface area contributed by atoms with Crippen molar-refractivity contribution >= 4 is 5.91 Å². The van der Waals surface area contributed by atoms with E-state index >= 15 is 0 Å². The van der Waals surface area contributed by atoms with Crippen LogP contribution in [0.3, 0.4) is 0 Å². The Balaban J connectivity index is 1.86. The molecule has 0 N–H and O–H groups in total. The predicted octanol–water partition coefficient (Wildman–Crippen LogP) is 3.00. The summed E-state index contributed by atoms with van der Waals surface area (Å²) in [7, 11) is 1.61. The van der Waals surface area contributed by atoms with Gasteiger partial charge in [-0.2, -0.15) is 0 Å². The SMILES string of the molecule is CN(Cc1cccc(F)c1)C(=O)COc1ccc(F)cc1. The van der Waals surface area contributed by atoms with E-state index in [1.807, 2.05) is 0 Å². The summed E-state index contributed by atoms with van der Waals surface area (Å²) in [5.74, 6) is -0.527. The molecule has 1 amide bonds. The van der Waals surface area contributed by atoms with E-state index in [0.717, 1.165) is 0 Å². The minimum atomic E-state index is -0.364. The Kier molecular flexibility index (Phi) is 4.87. The number of carbonyl (C=O) groups is 1. The second-order valence-electron chi connectivity index (χ2n) is 4.62. The summed E-state index contributed by atoms with van der Waals surface area (Å²) in [5.41, 5.74) is 0.702. The first-order valence-corrected chi connectivity index (χ1v) is 6.41. The van der Waals surface area contributed by atoms with Gasteiger partial charge in [-0.1, -0.05) is 12.1 Å². The molecule has 0 aliphatic carbocycles. The summed E-state index contributed by atoms with van der Waals surface area (Å²) in [6.45, 7) is 0.140. The third-order valence-corrected chi connectivity index (χ3v) is 2.91. The molecule has 0 unspecified atom stereocenters. The standard InChI is InChI=1S/C16H15F2NO2/c1-19(10-12-3-2-4-14(18)9-12)16(20)11-21-15-7-5-13(17)6-8-15/h2-9H,10-11H2,1H3. The van der Waals surface area contributed by atoms with Gasteiger partial charge in [0.1, 0.15) is 17.4 Å². The second kappa shape index (κ2) is 6.83. The molecule has 0 bridgehead atoms. The van der Waals surface area contributed by atoms with Crippen molar-refractivity contribution in [1.82, 2.24) is 4.90 Å². The van der Waals surface area contributed by atoms with E-state index in [-0.39, 0.29) is 24.1 Å². The highest BCUT2D eigenvalue weighted by atomic mass is 19.1. The van der Waals surface area contributed by atoms with Crippen molar-refractivity contribution in [3.63, 3.8) is 0 Å². The number of halogens is 2. The summed E-state index contributed by atoms with van der Waals surface area (Å²) in [4.78, 5) is 13.3. The fraction of sp³-hybridized carbons (Fsp3) is 0.188. The molecule has 0 aromatic heterocycles. The Labute approximate surface area is 121 Å². The zero-order valence-electron chi connectivity index (χ0n) is 11.6. The largest absolute Gasteiger partial charge is 0.484 e. The maximum atomic E-state index is 13.1. The predicted molar refractivity (Wildman–Crippen MR) is 74.8 cm³/mol. The Hall–Kier alpha value is -2.43. The zero-order chi connectivity index (χ0) is 15.2. The van der Waals surface area contributed by atoms with Crippen LogP contribution in [0, 0.1) is 11.6 Å². The van der Waals surface area contributed by atoms with Gasteiger partial charge in [-0.3, -0.25) is 4.79 Å². The van der Waals surface area contributed by atoms with Crippen molar-refractivity contribution < 1.29 is 18.3 Å². The van der Waals surface area contributed by atoms with Crippen LogP contribution in [-0.2, 0) is 11.3 Å². The molecule has 110 valence electrons. The average molecular weight is 291 g/mol. The van der Waals surface area contributed by atoms with Crippen LogP contribution in [0.5, 0.6) is 5.75 Å². The van der Waals surface area contributed by atoms with Gasteiger partial charge in [0.25, 0.3) is 5.91 Å². The minimum absolute atomic E-state index is 0.155. The molecule has 5 heteroatoms. The Morgan fingerprint density at radius 3 is 2.48 bits per heavy atom. The average Bonchev–Trinajstić information content (AvgIpc) is 2.46. The summed E-state index contributed by atoms with van der Waals surface area (Å²) in [6.07, 6.45) is 0. The maximum absolute atomic E-state index is 13.1. The fourth-order valence-corrected chi connectivity index (χ4v) is 1.78. The lowest BCUT2D eigenvalue weighted by molar-refractivity contribution is -0.132. The lowest BCUT2D eigenvalue weighted by Crippen LogP contribution is -2.30. The van der Waals surface area contributed by atoms with Crippen molar-refractivity contribution in [2.75, 3.05) is 13.7 Å². The first-order valence-electron chi connectivity index (χ1n) is 6.41. The van der Waals surface area contributed by atoms with Crippen molar-refractivity contribution in [1.29, 1.82) is 0 Å². The van der Waals surface area contributed by atoms with Gasteiger partial charge in [0.05, 0.1) is 0 Å². The molecule has 0 heterocycles. The molecular weight excluding hydrogens is 276 g/mol. The first kappa shape index (κ1) is 15.0. The number of likely N-dealkylation sites (N-methyl/N-ethyl adjacent to an activating group) is 1. The van der Waals surface area contributed by atoms with Crippen LogP contribution in [0.2, 0.25) is 0 Å². The molecule has 0 saturated carbocycles. The molecule has 3 nitrogen and oxygen atoms in total. The van der Waals surface area contributed by atoms with Gasteiger partial charge >= 0.3 is 0 Å². The summed E-state index contributed by atoms with van der Waals surface area (Å²) in [6, 6.07) is 11.5. The highest BCUT2D eigenvalue weighted by molar-refractivity contribution is 5.77. The van der Waals surface area contributed by atoms with Gasteiger partial charge in [-0.25, -0.2) is 8.78 Å². The van der Waals surface area contributed by atoms with Crippen LogP contribution < -0.4 is 4.74 Å². The van der Waals surface area contributed by atoms with Gasteiger partial charge in [0, 0.05) is 13.6 Å². The first-order chi connectivity index (χ1) is 10.0. The molecule has 2 aromatic rings. The zero-order valence-corrected chi connectivity index (χ0v) is 11.6. The quantitative estimate of drug-likeness (QED) is 0.847. The fourth-order valence-electron chi connectivity index (χ4n) is 1.78. The highest BCUT2D eigenvalue weighted by Crippen LogP contribution is 2.11. The van der Waals surface area contributed by atoms with E-state index < -0.39 is 0 Å². The van der Waals surface area contributed by atoms with E-state index in [2.05, 4.69) is 0 Å². The lowest BCUT2D eigenvalue weighted by atomic mass is 10.2. The highest BCUT2D eigenvalue weighted by Gasteiger charge is 2.10. The molecule has 0 atom stereocenters. The van der Waals surface area contributed by atoms with E-state index in [1.54, 1.807) is 19.2 Å². The molecule has 0 aliphatic rings. The summed E-state index contributed by atoms with van der Waals surface area (Å²) < 4.78 is 31.1. The van der Waals surface area contributed by atoms with Crippen molar-refractivity contribution in [2.45, 2.75) is 6.54 Å². The van der Waals surface area contributed by atoms with Crippen LogP contribution in [-0.4, -0.2) is 24.5 Å². The topological polar surface area (TPSA) is 29.5 Å². The smallest absolute Gasteiger partial charge is 0.260 e. The van der Waals surface area contributed by atoms with Crippen LogP contribution >= 0.6 is 0 Å². The third-order valence-electron chi connectivity index (χ3n) is 2.91. The Bertz CT molecular complexity index is 614. The van der Waals surface area contributed by atoms with Gasteiger partial charge in [0.2, 0.25) is 0 Å². The molecule has 2 rings (SSSR count). The summed E-state index contributed by atoms with van der Waals surface area (Å²) >= 11 is 0. The van der Waals surface area contributed by atoms with Crippen molar-refractivity contribution in [3.8, 4) is 5.75 Å². The normalized spacial score (nSPS) is 10.2. The van der Waals surface area contributed by atoms with Gasteiger partial charge < -0.3 is 9.64 Å². The number of hydrogen-bond acceptors (Lipinski definition) is 2. The Morgan fingerprint density at radius 2 is 1.81 bits per heavy atom. The van der Waals surface area contributed by atoms with E-state index in [0.29, 0.717) is 17.9 Å². The number of carbonyl (C=O) groups excluding carboxylic acids is 1. The minimum Gasteiger partial charge on any atom is -0.484 e. The Morgan fingerprint density at radius 1 is 1.10 bits per heavy atom. The molecule has 0 fully saturated rings. The van der Waals surface area contributed by atoms with Crippen molar-refractivity contribution in [2.24, 2.45) is 0 Å². The van der Waals surface area contributed by atoms with Crippen molar-refractivity contribution in [3.05, 3.63) is 65.7 Å². The van der Waals surface area contributed by atoms with E-state index in [1.165, 1.54) is 41.3 Å². The third kappa shape index (κ3) is 4.56. The van der Waals surface area contributed by atoms with Crippen LogP contribution in [0.25, 0.3) is 0 Å². The second-order valence-corrected chi connectivity index (χ2v) is 4.62. The molecule has 21 heavy (non-hydrogen) atoms. The van der Waals surface area contributed by atoms with E-state index in [9.17, 15) is 13.6 Å². The molecule has 0 aliphatic heterocycles. The summed E-state index contributed by atoms with van der Waals surface area (Å²) in [5, 5.41) is 0. The molecule has 2 aromatic carbocycles. The molecule has 0 spiro atoms. The number of benzene rings is 2. The number of rotatable bonds is 5.